The van der Waals surface area contributed by atoms with Crippen LogP contribution in [0, 0.1) is 0 Å². The summed E-state index contributed by atoms with van der Waals surface area (Å²) in [6.07, 6.45) is 6.43. The van der Waals surface area contributed by atoms with Crippen LogP contribution in [-0.4, -0.2) is 20.7 Å². The average molecular weight is 391 g/mol. The minimum atomic E-state index is -0.278. The van der Waals surface area contributed by atoms with Crippen LogP contribution in [0.3, 0.4) is 0 Å². The molecule has 0 aliphatic carbocycles. The van der Waals surface area contributed by atoms with Gasteiger partial charge in [-0.25, -0.2) is 4.68 Å². The van der Waals surface area contributed by atoms with Crippen molar-refractivity contribution in [2.75, 3.05) is 5.32 Å². The molecule has 2 aromatic heterocycles. The SMILES string of the molecule is O=C(Nc1cccc(Oc2ccncc2)c1)c1cnn(-c2ccccc2Cl)c1. The third kappa shape index (κ3) is 4.02. The number of carbonyl (C=O) groups is 1. The largest absolute Gasteiger partial charge is 0.457 e. The second-order valence-corrected chi connectivity index (χ2v) is 6.30. The highest BCUT2D eigenvalue weighted by molar-refractivity contribution is 6.32. The number of carbonyl (C=O) groups excluding carboxylic acids is 1. The smallest absolute Gasteiger partial charge is 0.258 e. The number of hydrogen-bond acceptors (Lipinski definition) is 4. The highest BCUT2D eigenvalue weighted by Gasteiger charge is 2.11. The zero-order valence-electron chi connectivity index (χ0n) is 14.6. The van der Waals surface area contributed by atoms with E-state index in [1.807, 2.05) is 24.3 Å². The van der Waals surface area contributed by atoms with E-state index in [1.165, 1.54) is 6.20 Å². The molecule has 0 unspecified atom stereocenters. The van der Waals surface area contributed by atoms with Crippen LogP contribution >= 0.6 is 11.6 Å². The Bertz CT molecular complexity index is 1110. The van der Waals surface area contributed by atoms with Gasteiger partial charge in [0.05, 0.1) is 22.5 Å². The van der Waals surface area contributed by atoms with Crippen LogP contribution in [0.2, 0.25) is 5.02 Å². The van der Waals surface area contributed by atoms with Gasteiger partial charge >= 0.3 is 0 Å². The minimum Gasteiger partial charge on any atom is -0.457 e. The van der Waals surface area contributed by atoms with Crippen molar-refractivity contribution in [1.29, 1.82) is 0 Å². The highest BCUT2D eigenvalue weighted by atomic mass is 35.5. The molecule has 1 N–H and O–H groups in total. The maximum Gasteiger partial charge on any atom is 0.258 e. The molecule has 0 bridgehead atoms. The Hall–Kier alpha value is -3.64. The normalized spacial score (nSPS) is 10.5. The number of amides is 1. The number of ether oxygens (including phenoxy) is 1. The Morgan fingerprint density at radius 2 is 1.82 bits per heavy atom. The van der Waals surface area contributed by atoms with E-state index in [0.29, 0.717) is 33.5 Å². The van der Waals surface area contributed by atoms with Crippen molar-refractivity contribution < 1.29 is 9.53 Å². The molecule has 7 heteroatoms. The summed E-state index contributed by atoms with van der Waals surface area (Å²) in [5, 5.41) is 7.62. The van der Waals surface area contributed by atoms with Crippen molar-refractivity contribution in [2.45, 2.75) is 0 Å². The highest BCUT2D eigenvalue weighted by Crippen LogP contribution is 2.24. The van der Waals surface area contributed by atoms with Gasteiger partial charge in [0.15, 0.2) is 0 Å². The first kappa shape index (κ1) is 17.8. The van der Waals surface area contributed by atoms with Crippen LogP contribution in [0.1, 0.15) is 10.4 Å². The van der Waals surface area contributed by atoms with E-state index in [4.69, 9.17) is 16.3 Å². The van der Waals surface area contributed by atoms with Crippen molar-refractivity contribution in [3.8, 4) is 17.2 Å². The predicted molar refractivity (Wildman–Crippen MR) is 107 cm³/mol. The Balaban J connectivity index is 1.48. The quantitative estimate of drug-likeness (QED) is 0.522. The first-order valence-corrected chi connectivity index (χ1v) is 8.86. The summed E-state index contributed by atoms with van der Waals surface area (Å²) < 4.78 is 7.33. The molecule has 0 radical (unpaired) electrons. The van der Waals surface area contributed by atoms with E-state index in [0.717, 1.165) is 0 Å². The monoisotopic (exact) mass is 390 g/mol. The number of benzene rings is 2. The number of hydrogen-bond donors (Lipinski definition) is 1. The van der Waals surface area contributed by atoms with E-state index >= 15 is 0 Å². The first-order chi connectivity index (χ1) is 13.7. The molecule has 4 aromatic rings. The molecule has 0 atom stereocenters. The van der Waals surface area contributed by atoms with Gasteiger partial charge in [0.1, 0.15) is 11.5 Å². The predicted octanol–water partition coefficient (Wildman–Crippen LogP) is 4.97. The standard InChI is InChI=1S/C21H15ClN4O2/c22-19-6-1-2-7-20(19)26-14-15(13-24-26)21(27)25-16-4-3-5-18(12-16)28-17-8-10-23-11-9-17/h1-14H,(H,25,27). The fourth-order valence-electron chi connectivity index (χ4n) is 2.59. The second kappa shape index (κ2) is 7.94. The Kier molecular flexibility index (Phi) is 5.03. The van der Waals surface area contributed by atoms with E-state index in [2.05, 4.69) is 15.4 Å². The molecule has 2 heterocycles. The van der Waals surface area contributed by atoms with Crippen LogP contribution in [0.15, 0.2) is 85.5 Å². The van der Waals surface area contributed by atoms with Gasteiger partial charge in [-0.2, -0.15) is 5.10 Å². The molecule has 0 aliphatic heterocycles. The number of pyridine rings is 1. The first-order valence-electron chi connectivity index (χ1n) is 8.48. The number of anilines is 1. The Morgan fingerprint density at radius 3 is 2.64 bits per heavy atom. The van der Waals surface area contributed by atoms with Gasteiger partial charge in [-0.05, 0) is 36.4 Å². The zero-order chi connectivity index (χ0) is 19.3. The van der Waals surface area contributed by atoms with Crippen molar-refractivity contribution in [1.82, 2.24) is 14.8 Å². The van der Waals surface area contributed by atoms with E-state index in [1.54, 1.807) is 59.7 Å². The Morgan fingerprint density at radius 1 is 1.00 bits per heavy atom. The van der Waals surface area contributed by atoms with E-state index in [9.17, 15) is 4.79 Å². The van der Waals surface area contributed by atoms with Crippen molar-refractivity contribution >= 4 is 23.2 Å². The topological polar surface area (TPSA) is 69.0 Å². The third-order valence-electron chi connectivity index (χ3n) is 3.92. The van der Waals surface area contributed by atoms with Gasteiger partial charge < -0.3 is 10.1 Å². The van der Waals surface area contributed by atoms with Gasteiger partial charge in [-0.3, -0.25) is 9.78 Å². The molecule has 0 saturated heterocycles. The number of nitrogens with one attached hydrogen (secondary N) is 1. The van der Waals surface area contributed by atoms with E-state index < -0.39 is 0 Å². The fraction of sp³-hybridized carbons (Fsp3) is 0. The lowest BCUT2D eigenvalue weighted by Crippen LogP contribution is -2.11. The number of nitrogens with zero attached hydrogens (tertiary/aromatic N) is 3. The summed E-state index contributed by atoms with van der Waals surface area (Å²) in [5.41, 5.74) is 1.73. The molecule has 1 amide bonds. The summed E-state index contributed by atoms with van der Waals surface area (Å²) in [7, 11) is 0. The second-order valence-electron chi connectivity index (χ2n) is 5.89. The van der Waals surface area contributed by atoms with Crippen LogP contribution in [0.5, 0.6) is 11.5 Å². The molecule has 0 fully saturated rings. The lowest BCUT2D eigenvalue weighted by atomic mass is 10.2. The summed E-state index contributed by atoms with van der Waals surface area (Å²) >= 11 is 6.18. The summed E-state index contributed by atoms with van der Waals surface area (Å²) in [5.74, 6) is 0.995. The lowest BCUT2D eigenvalue weighted by molar-refractivity contribution is 0.102. The van der Waals surface area contributed by atoms with Gasteiger partial charge in [-0.15, -0.1) is 0 Å². The molecular formula is C21H15ClN4O2. The maximum absolute atomic E-state index is 12.6. The molecule has 2 aromatic carbocycles. The molecule has 28 heavy (non-hydrogen) atoms. The summed E-state index contributed by atoms with van der Waals surface area (Å²) in [6, 6.07) is 18.0. The summed E-state index contributed by atoms with van der Waals surface area (Å²) in [6.45, 7) is 0. The molecule has 0 spiro atoms. The van der Waals surface area contributed by atoms with Crippen molar-refractivity contribution in [3.63, 3.8) is 0 Å². The molecule has 0 saturated carbocycles. The van der Waals surface area contributed by atoms with Crippen LogP contribution in [-0.2, 0) is 0 Å². The van der Waals surface area contributed by atoms with Gasteiger partial charge in [0, 0.05) is 30.3 Å². The lowest BCUT2D eigenvalue weighted by Gasteiger charge is -2.08. The maximum atomic E-state index is 12.6. The molecular weight excluding hydrogens is 376 g/mol. The summed E-state index contributed by atoms with van der Waals surface area (Å²) in [4.78, 5) is 16.5. The number of rotatable bonds is 5. The van der Waals surface area contributed by atoms with Crippen molar-refractivity contribution in [2.24, 2.45) is 0 Å². The fourth-order valence-corrected chi connectivity index (χ4v) is 2.81. The Labute approximate surface area is 166 Å². The minimum absolute atomic E-state index is 0.278. The van der Waals surface area contributed by atoms with E-state index in [-0.39, 0.29) is 5.91 Å². The van der Waals surface area contributed by atoms with Gasteiger partial charge in [0.2, 0.25) is 0 Å². The van der Waals surface area contributed by atoms with Crippen LogP contribution < -0.4 is 10.1 Å². The van der Waals surface area contributed by atoms with Crippen molar-refractivity contribution in [3.05, 3.63) is 96.0 Å². The third-order valence-corrected chi connectivity index (χ3v) is 4.24. The molecule has 4 rings (SSSR count). The van der Waals surface area contributed by atoms with Gasteiger partial charge in [0.25, 0.3) is 5.91 Å². The van der Waals surface area contributed by atoms with Crippen LogP contribution in [0.25, 0.3) is 5.69 Å². The average Bonchev–Trinajstić information content (AvgIpc) is 3.20. The molecule has 138 valence electrons. The molecule has 0 aliphatic rings. The van der Waals surface area contributed by atoms with Crippen LogP contribution in [0.4, 0.5) is 5.69 Å². The zero-order valence-corrected chi connectivity index (χ0v) is 15.4. The van der Waals surface area contributed by atoms with Gasteiger partial charge in [-0.1, -0.05) is 29.8 Å². The number of para-hydroxylation sites is 1. The number of aromatic nitrogens is 3. The molecule has 6 nitrogen and oxygen atoms in total. The number of halogens is 1.